The molecule has 46 heavy (non-hydrogen) atoms. The Morgan fingerprint density at radius 3 is 1.91 bits per heavy atom. The van der Waals surface area contributed by atoms with Crippen LogP contribution >= 0.6 is 0 Å². The fourth-order valence-corrected chi connectivity index (χ4v) is 4.34. The van der Waals surface area contributed by atoms with Gasteiger partial charge < -0.3 is 40.6 Å². The number of nitrogens with one attached hydrogen (secondary N) is 4. The number of Topliss-reactive ketones (excluding diaryl/α,β-unsaturated/α-hetero) is 1. The maximum absolute atomic E-state index is 13.0. The third-order valence-electron chi connectivity index (χ3n) is 6.80. The van der Waals surface area contributed by atoms with Gasteiger partial charge in [-0.05, 0) is 81.3 Å². The van der Waals surface area contributed by atoms with Gasteiger partial charge in [0, 0.05) is 36.5 Å². The first-order valence-corrected chi connectivity index (χ1v) is 15.1. The molecule has 0 saturated carbocycles. The van der Waals surface area contributed by atoms with Crippen LogP contribution in [0.5, 0.6) is 5.75 Å². The summed E-state index contributed by atoms with van der Waals surface area (Å²) in [6.45, 7) is 7.75. The number of ketones is 1. The molecule has 1 heterocycles. The lowest BCUT2D eigenvalue weighted by molar-refractivity contribution is -0.117. The van der Waals surface area contributed by atoms with E-state index < -0.39 is 5.54 Å². The molecule has 0 spiro atoms. The summed E-state index contributed by atoms with van der Waals surface area (Å²) in [6, 6.07) is 23.4. The zero-order valence-electron chi connectivity index (χ0n) is 26.4. The van der Waals surface area contributed by atoms with Gasteiger partial charge in [0.25, 0.3) is 5.91 Å². The van der Waals surface area contributed by atoms with E-state index in [1.54, 1.807) is 55.5 Å². The van der Waals surface area contributed by atoms with Gasteiger partial charge in [0.15, 0.2) is 0 Å². The van der Waals surface area contributed by atoms with E-state index in [0.717, 1.165) is 5.56 Å². The Morgan fingerprint density at radius 2 is 1.30 bits per heavy atom. The number of carbonyl (C=O) groups is 2. The molecule has 12 heteroatoms. The van der Waals surface area contributed by atoms with Gasteiger partial charge in [-0.3, -0.25) is 4.79 Å². The van der Waals surface area contributed by atoms with E-state index >= 15 is 0 Å². The maximum Gasteiger partial charge on any atom is 0.251 e. The molecule has 0 aliphatic carbocycles. The fraction of sp³-hybridized carbons (Fsp3) is 0.324. The molecule has 1 aromatic heterocycles. The molecule has 4 aromatic rings. The summed E-state index contributed by atoms with van der Waals surface area (Å²) in [5.74, 6) is 1.00. The van der Waals surface area contributed by atoms with E-state index in [1.807, 2.05) is 44.2 Å². The lowest BCUT2D eigenvalue weighted by atomic mass is 9.94. The van der Waals surface area contributed by atoms with Crippen molar-refractivity contribution in [2.45, 2.75) is 39.2 Å². The quantitative estimate of drug-likeness (QED) is 0.0696. The highest BCUT2D eigenvalue weighted by atomic mass is 16.5. The normalized spacial score (nSPS) is 11.1. The Labute approximate surface area is 269 Å². The number of rotatable bonds is 18. The van der Waals surface area contributed by atoms with Crippen LogP contribution in [0.2, 0.25) is 0 Å². The van der Waals surface area contributed by atoms with Crippen molar-refractivity contribution in [1.29, 1.82) is 0 Å². The second-order valence-corrected chi connectivity index (χ2v) is 11.1. The third-order valence-corrected chi connectivity index (χ3v) is 6.80. The first-order chi connectivity index (χ1) is 22.2. The highest BCUT2D eigenvalue weighted by Gasteiger charge is 2.23. The van der Waals surface area contributed by atoms with E-state index in [1.165, 1.54) is 0 Å². The SMILES string of the molecule is CC(=O)CCCOCCOCCNc1nc(Nc2ccc(O)cc2)nc(Nc2ccc(C(=O)NC(C)(C)c3ccccc3)cc2)n1. The third kappa shape index (κ3) is 11.1. The Balaban J connectivity index is 1.36. The van der Waals surface area contributed by atoms with Gasteiger partial charge in [-0.25, -0.2) is 0 Å². The van der Waals surface area contributed by atoms with Gasteiger partial charge in [-0.15, -0.1) is 0 Å². The van der Waals surface area contributed by atoms with Crippen LogP contribution in [-0.4, -0.2) is 64.7 Å². The van der Waals surface area contributed by atoms with Crippen LogP contribution < -0.4 is 21.3 Å². The van der Waals surface area contributed by atoms with Gasteiger partial charge in [0.2, 0.25) is 17.8 Å². The molecule has 12 nitrogen and oxygen atoms in total. The number of carbonyl (C=O) groups excluding carboxylic acids is 2. The Bertz CT molecular complexity index is 1550. The molecule has 1 amide bonds. The average Bonchev–Trinajstić information content (AvgIpc) is 3.03. The number of phenols is 1. The molecule has 0 saturated heterocycles. The summed E-state index contributed by atoms with van der Waals surface area (Å²) >= 11 is 0. The number of amides is 1. The van der Waals surface area contributed by atoms with Crippen molar-refractivity contribution in [1.82, 2.24) is 20.3 Å². The van der Waals surface area contributed by atoms with Gasteiger partial charge in [-0.2, -0.15) is 15.0 Å². The summed E-state index contributed by atoms with van der Waals surface area (Å²) in [5.41, 5.74) is 2.35. The topological polar surface area (TPSA) is 160 Å². The maximum atomic E-state index is 13.0. The number of phenolic OH excluding ortho intramolecular Hbond substituents is 1. The van der Waals surface area contributed by atoms with E-state index in [9.17, 15) is 14.7 Å². The summed E-state index contributed by atoms with van der Waals surface area (Å²) in [4.78, 5) is 37.4. The molecule has 0 aliphatic rings. The van der Waals surface area contributed by atoms with Crippen LogP contribution in [0.4, 0.5) is 29.2 Å². The molecule has 0 bridgehead atoms. The van der Waals surface area contributed by atoms with Crippen LogP contribution in [0.15, 0.2) is 78.9 Å². The minimum atomic E-state index is -0.541. The molecule has 242 valence electrons. The van der Waals surface area contributed by atoms with Crippen molar-refractivity contribution in [3.63, 3.8) is 0 Å². The van der Waals surface area contributed by atoms with E-state index in [0.29, 0.717) is 68.7 Å². The van der Waals surface area contributed by atoms with Gasteiger partial charge >= 0.3 is 0 Å². The molecule has 0 radical (unpaired) electrons. The molecular weight excluding hydrogens is 586 g/mol. The van der Waals surface area contributed by atoms with Crippen molar-refractivity contribution in [2.24, 2.45) is 0 Å². The molecule has 0 fully saturated rings. The monoisotopic (exact) mass is 627 g/mol. The van der Waals surface area contributed by atoms with Crippen LogP contribution in [0.3, 0.4) is 0 Å². The lowest BCUT2D eigenvalue weighted by Crippen LogP contribution is -2.40. The van der Waals surface area contributed by atoms with Gasteiger partial charge in [0.1, 0.15) is 11.5 Å². The summed E-state index contributed by atoms with van der Waals surface area (Å²) in [7, 11) is 0. The van der Waals surface area contributed by atoms with Crippen LogP contribution in [-0.2, 0) is 19.8 Å². The number of hydrogen-bond acceptors (Lipinski definition) is 11. The van der Waals surface area contributed by atoms with E-state index in [4.69, 9.17) is 9.47 Å². The minimum absolute atomic E-state index is 0.146. The Kier molecular flexibility index (Phi) is 12.4. The number of nitrogens with zero attached hydrogens (tertiary/aromatic N) is 3. The minimum Gasteiger partial charge on any atom is -0.508 e. The van der Waals surface area contributed by atoms with Crippen LogP contribution in [0, 0.1) is 0 Å². The number of aromatic nitrogens is 3. The number of hydrogen-bond donors (Lipinski definition) is 5. The molecule has 4 rings (SSSR count). The molecule has 3 aromatic carbocycles. The zero-order valence-corrected chi connectivity index (χ0v) is 26.4. The van der Waals surface area contributed by atoms with E-state index in [-0.39, 0.29) is 29.3 Å². The first kappa shape index (κ1) is 33.8. The zero-order chi connectivity index (χ0) is 32.8. The number of benzene rings is 3. The van der Waals surface area contributed by atoms with Crippen molar-refractivity contribution < 1.29 is 24.2 Å². The molecule has 0 unspecified atom stereocenters. The average molecular weight is 628 g/mol. The molecule has 0 atom stereocenters. The molecule has 5 N–H and O–H groups in total. The predicted octanol–water partition coefficient (Wildman–Crippen LogP) is 5.54. The smallest absolute Gasteiger partial charge is 0.251 e. The van der Waals surface area contributed by atoms with Crippen molar-refractivity contribution in [2.75, 3.05) is 48.9 Å². The highest BCUT2D eigenvalue weighted by Crippen LogP contribution is 2.23. The lowest BCUT2D eigenvalue weighted by Gasteiger charge is -2.27. The van der Waals surface area contributed by atoms with Crippen molar-refractivity contribution in [3.8, 4) is 5.75 Å². The van der Waals surface area contributed by atoms with Crippen LogP contribution in [0.25, 0.3) is 0 Å². The largest absolute Gasteiger partial charge is 0.508 e. The van der Waals surface area contributed by atoms with Gasteiger partial charge in [-0.1, -0.05) is 30.3 Å². The standard InChI is InChI=1S/C34H41N7O5/c1-24(42)8-7-20-45-22-23-46-21-19-35-31-38-32(40-33(39-31)37-28-15-17-29(43)18-16-28)36-27-13-11-25(12-14-27)30(44)41-34(2,3)26-9-5-4-6-10-26/h4-6,9-18,43H,7-8,19-23H2,1-3H3,(H,41,44)(H3,35,36,37,38,39,40). The van der Waals surface area contributed by atoms with E-state index in [2.05, 4.69) is 36.2 Å². The van der Waals surface area contributed by atoms with Gasteiger partial charge in [0.05, 0.1) is 25.4 Å². The summed E-state index contributed by atoms with van der Waals surface area (Å²) < 4.78 is 11.1. The summed E-state index contributed by atoms with van der Waals surface area (Å²) in [5, 5.41) is 22.2. The Hall–Kier alpha value is -5.07. The number of ether oxygens (including phenoxy) is 2. The second-order valence-electron chi connectivity index (χ2n) is 11.1. The first-order valence-electron chi connectivity index (χ1n) is 15.1. The molecular formula is C34H41N7O5. The number of anilines is 5. The van der Waals surface area contributed by atoms with Crippen molar-refractivity contribution in [3.05, 3.63) is 90.0 Å². The Morgan fingerprint density at radius 1 is 0.739 bits per heavy atom. The van der Waals surface area contributed by atoms with Crippen LogP contribution in [0.1, 0.15) is 49.5 Å². The summed E-state index contributed by atoms with van der Waals surface area (Å²) in [6.07, 6.45) is 1.23. The highest BCUT2D eigenvalue weighted by molar-refractivity contribution is 5.95. The molecule has 0 aliphatic heterocycles. The predicted molar refractivity (Wildman–Crippen MR) is 178 cm³/mol. The fourth-order valence-electron chi connectivity index (χ4n) is 4.34. The van der Waals surface area contributed by atoms with Crippen molar-refractivity contribution >= 4 is 40.9 Å². The number of aromatic hydroxyl groups is 1. The second kappa shape index (κ2) is 16.8.